The quantitative estimate of drug-likeness (QED) is 0.651. The first-order valence-electron chi connectivity index (χ1n) is 5.62. The molecule has 2 N–H and O–H groups in total. The molecule has 0 radical (unpaired) electrons. The van der Waals surface area contributed by atoms with Gasteiger partial charge in [0.2, 0.25) is 0 Å². The molecule has 0 saturated carbocycles. The van der Waals surface area contributed by atoms with Gasteiger partial charge in [-0.15, -0.1) is 0 Å². The molecule has 0 bridgehead atoms. The molecule has 0 spiro atoms. The van der Waals surface area contributed by atoms with E-state index in [1.165, 1.54) is 0 Å². The SMILES string of the molecule is CCCC(CCC)C(=O)OS(=O)(=O)CCN. The molecule has 0 aliphatic heterocycles. The minimum absolute atomic E-state index is 0.0398. The van der Waals surface area contributed by atoms with Crippen LogP contribution in [0, 0.1) is 5.92 Å². The van der Waals surface area contributed by atoms with E-state index in [-0.39, 0.29) is 18.2 Å². The predicted molar refractivity (Wildman–Crippen MR) is 62.2 cm³/mol. The highest BCUT2D eigenvalue weighted by Gasteiger charge is 2.23. The van der Waals surface area contributed by atoms with Gasteiger partial charge in [-0.1, -0.05) is 26.7 Å². The summed E-state index contributed by atoms with van der Waals surface area (Å²) in [5.74, 6) is -1.27. The first kappa shape index (κ1) is 15.4. The highest BCUT2D eigenvalue weighted by molar-refractivity contribution is 7.87. The Hall–Kier alpha value is -0.620. The predicted octanol–water partition coefficient (Wildman–Crippen LogP) is 1.03. The van der Waals surface area contributed by atoms with Crippen molar-refractivity contribution in [3.63, 3.8) is 0 Å². The third kappa shape index (κ3) is 6.07. The lowest BCUT2D eigenvalue weighted by Crippen LogP contribution is -2.25. The van der Waals surface area contributed by atoms with Gasteiger partial charge in [0, 0.05) is 6.54 Å². The van der Waals surface area contributed by atoms with Crippen molar-refractivity contribution >= 4 is 16.1 Å². The number of nitrogens with two attached hydrogens (primary N) is 1. The molecule has 0 aliphatic rings. The fourth-order valence-corrected chi connectivity index (χ4v) is 2.21. The van der Waals surface area contributed by atoms with Crippen LogP contribution >= 0.6 is 0 Å². The van der Waals surface area contributed by atoms with E-state index >= 15 is 0 Å². The monoisotopic (exact) mass is 251 g/mol. The summed E-state index contributed by atoms with van der Waals surface area (Å²) >= 11 is 0. The van der Waals surface area contributed by atoms with Gasteiger partial charge in [0.25, 0.3) is 0 Å². The van der Waals surface area contributed by atoms with Crippen molar-refractivity contribution in [1.29, 1.82) is 0 Å². The Kier molecular flexibility index (Phi) is 7.33. The molecular weight excluding hydrogens is 230 g/mol. The summed E-state index contributed by atoms with van der Waals surface area (Å²) in [5, 5.41) is 0. The van der Waals surface area contributed by atoms with Crippen LogP contribution in [-0.2, 0) is 19.1 Å². The standard InChI is InChI=1S/C10H21NO4S/c1-3-5-9(6-4-2)10(12)15-16(13,14)8-7-11/h9H,3-8,11H2,1-2H3. The molecule has 0 atom stereocenters. The van der Waals surface area contributed by atoms with E-state index in [0.717, 1.165) is 12.8 Å². The second-order valence-corrected chi connectivity index (χ2v) is 5.42. The van der Waals surface area contributed by atoms with Gasteiger partial charge in [-0.05, 0) is 12.8 Å². The number of carbonyl (C=O) groups excluding carboxylic acids is 1. The van der Waals surface area contributed by atoms with E-state index in [2.05, 4.69) is 4.18 Å². The van der Waals surface area contributed by atoms with Gasteiger partial charge < -0.3 is 9.92 Å². The number of hydrogen-bond acceptors (Lipinski definition) is 5. The minimum atomic E-state index is -3.79. The highest BCUT2D eigenvalue weighted by Crippen LogP contribution is 2.16. The molecule has 0 saturated heterocycles. The second-order valence-electron chi connectivity index (χ2n) is 3.73. The van der Waals surface area contributed by atoms with Crippen molar-refractivity contribution in [3.05, 3.63) is 0 Å². The lowest BCUT2D eigenvalue weighted by atomic mass is 9.99. The van der Waals surface area contributed by atoms with Crippen LogP contribution in [0.25, 0.3) is 0 Å². The molecule has 0 fully saturated rings. The Morgan fingerprint density at radius 1 is 1.25 bits per heavy atom. The molecule has 0 rings (SSSR count). The van der Waals surface area contributed by atoms with Crippen LogP contribution in [0.1, 0.15) is 39.5 Å². The smallest absolute Gasteiger partial charge is 0.325 e. The van der Waals surface area contributed by atoms with Crippen molar-refractivity contribution in [3.8, 4) is 0 Å². The van der Waals surface area contributed by atoms with Gasteiger partial charge in [0.1, 0.15) is 0 Å². The van der Waals surface area contributed by atoms with Crippen LogP contribution in [0.5, 0.6) is 0 Å². The lowest BCUT2D eigenvalue weighted by molar-refractivity contribution is -0.138. The molecule has 5 nitrogen and oxygen atoms in total. The number of hydrogen-bond donors (Lipinski definition) is 1. The fraction of sp³-hybridized carbons (Fsp3) is 0.900. The zero-order valence-corrected chi connectivity index (χ0v) is 10.8. The molecule has 0 amide bonds. The van der Waals surface area contributed by atoms with Crippen molar-refractivity contribution in [2.24, 2.45) is 11.7 Å². The van der Waals surface area contributed by atoms with Gasteiger partial charge in [-0.25, -0.2) is 0 Å². The van der Waals surface area contributed by atoms with Crippen LogP contribution in [-0.4, -0.2) is 26.7 Å². The summed E-state index contributed by atoms with van der Waals surface area (Å²) in [6.45, 7) is 3.86. The Bertz CT molecular complexity index is 294. The van der Waals surface area contributed by atoms with Crippen LogP contribution in [0.3, 0.4) is 0 Å². The third-order valence-electron chi connectivity index (χ3n) is 2.18. The maximum Gasteiger partial charge on any atom is 0.325 e. The van der Waals surface area contributed by atoms with Crippen LogP contribution in [0.2, 0.25) is 0 Å². The molecule has 0 aliphatic carbocycles. The summed E-state index contributed by atoms with van der Waals surface area (Å²) in [6, 6.07) is 0. The van der Waals surface area contributed by atoms with Crippen molar-refractivity contribution < 1.29 is 17.4 Å². The third-order valence-corrected chi connectivity index (χ3v) is 3.34. The summed E-state index contributed by atoms with van der Waals surface area (Å²) in [7, 11) is -3.79. The molecule has 16 heavy (non-hydrogen) atoms. The molecule has 0 aromatic rings. The van der Waals surface area contributed by atoms with E-state index in [0.29, 0.717) is 12.8 Å². The normalized spacial score (nSPS) is 11.8. The zero-order chi connectivity index (χ0) is 12.6. The van der Waals surface area contributed by atoms with E-state index in [4.69, 9.17) is 5.73 Å². The van der Waals surface area contributed by atoms with Crippen LogP contribution < -0.4 is 5.73 Å². The first-order valence-corrected chi connectivity index (χ1v) is 7.20. The molecule has 0 heterocycles. The fourth-order valence-electron chi connectivity index (χ4n) is 1.46. The molecule has 0 aromatic heterocycles. The summed E-state index contributed by atoms with van der Waals surface area (Å²) in [4.78, 5) is 11.6. The molecule has 0 unspecified atom stereocenters. The number of rotatable bonds is 8. The van der Waals surface area contributed by atoms with Gasteiger partial charge in [-0.3, -0.25) is 4.79 Å². The number of carbonyl (C=O) groups is 1. The van der Waals surface area contributed by atoms with Crippen LogP contribution in [0.15, 0.2) is 0 Å². The zero-order valence-electron chi connectivity index (χ0n) is 9.94. The highest BCUT2D eigenvalue weighted by atomic mass is 32.2. The maximum atomic E-state index is 11.6. The van der Waals surface area contributed by atoms with Crippen molar-refractivity contribution in [2.75, 3.05) is 12.3 Å². The van der Waals surface area contributed by atoms with Gasteiger partial charge in [0.15, 0.2) is 0 Å². The Labute approximate surface area is 97.5 Å². The average Bonchev–Trinajstić information content (AvgIpc) is 2.16. The Balaban J connectivity index is 4.40. The van der Waals surface area contributed by atoms with Gasteiger partial charge in [-0.2, -0.15) is 8.42 Å². The average molecular weight is 251 g/mol. The largest absolute Gasteiger partial charge is 0.345 e. The Morgan fingerprint density at radius 2 is 1.75 bits per heavy atom. The van der Waals surface area contributed by atoms with E-state index < -0.39 is 16.1 Å². The van der Waals surface area contributed by atoms with E-state index in [9.17, 15) is 13.2 Å². The summed E-state index contributed by atoms with van der Waals surface area (Å²) in [5.41, 5.74) is 5.11. The topological polar surface area (TPSA) is 86.5 Å². The van der Waals surface area contributed by atoms with Gasteiger partial charge >= 0.3 is 16.1 Å². The summed E-state index contributed by atoms with van der Waals surface area (Å²) < 4.78 is 27.0. The molecule has 6 heteroatoms. The Morgan fingerprint density at radius 3 is 2.12 bits per heavy atom. The second kappa shape index (κ2) is 7.62. The molecule has 0 aromatic carbocycles. The first-order chi connectivity index (χ1) is 7.46. The van der Waals surface area contributed by atoms with E-state index in [1.807, 2.05) is 13.8 Å². The molecular formula is C10H21NO4S. The minimum Gasteiger partial charge on any atom is -0.345 e. The molecule has 96 valence electrons. The van der Waals surface area contributed by atoms with Gasteiger partial charge in [0.05, 0.1) is 11.7 Å². The van der Waals surface area contributed by atoms with Crippen molar-refractivity contribution in [2.45, 2.75) is 39.5 Å². The van der Waals surface area contributed by atoms with Crippen LogP contribution in [0.4, 0.5) is 0 Å². The van der Waals surface area contributed by atoms with E-state index in [1.54, 1.807) is 0 Å². The maximum absolute atomic E-state index is 11.6. The summed E-state index contributed by atoms with van der Waals surface area (Å²) in [6.07, 6.45) is 2.98. The lowest BCUT2D eigenvalue weighted by Gasteiger charge is -2.13. The van der Waals surface area contributed by atoms with Crippen molar-refractivity contribution in [1.82, 2.24) is 0 Å².